The van der Waals surface area contributed by atoms with Gasteiger partial charge in [0.2, 0.25) is 0 Å². The lowest BCUT2D eigenvalue weighted by Crippen LogP contribution is -2.16. The SMILES string of the molecule is C.C.CCOC(=O)/C(=C\N)c1c(C(=O)OCC)ccn1Cc1ccc(Br)cc1.CCOC(=O)/C(=C\O)c1c(C(=O)OCC)ccn1Cc1ccc(Br)cc1.CCOC(=O)CC(=O)CC(C)=O.CCOC(=O)Cc1c(C(=O)OCC)ccn1Cc1ccc(Br)cc1.CCOC=O.NCc1ccc(Br)cc1.O=CCCl. The second-order valence-electron chi connectivity index (χ2n) is 20.9. The van der Waals surface area contributed by atoms with E-state index in [1.807, 2.05) is 102 Å². The summed E-state index contributed by atoms with van der Waals surface area (Å²) in [5, 5.41) is 9.62. The van der Waals surface area contributed by atoms with Crippen molar-refractivity contribution in [2.45, 2.75) is 123 Å². The molecule has 0 aliphatic carbocycles. The monoisotopic (exact) mass is 1780 g/mol. The summed E-state index contributed by atoms with van der Waals surface area (Å²) in [6, 6.07) is 36.1. The fraction of sp³-hybridized carbons (Fsp3) is 0.346. The van der Waals surface area contributed by atoms with Gasteiger partial charge >= 0.3 is 41.8 Å². The number of ether oxygens (including phenoxy) is 8. The summed E-state index contributed by atoms with van der Waals surface area (Å²) in [4.78, 5) is 123. The van der Waals surface area contributed by atoms with Crippen molar-refractivity contribution in [3.05, 3.63) is 220 Å². The lowest BCUT2D eigenvalue weighted by Gasteiger charge is -2.14. The smallest absolute Gasteiger partial charge is 0.343 e. The number of alkyl halides is 1. The van der Waals surface area contributed by atoms with Gasteiger partial charge in [0.05, 0.1) is 111 Å². The number of esters is 7. The Morgan fingerprint density at radius 2 is 0.787 bits per heavy atom. The number of Topliss-reactive ketones (excluding diaryl/α,β-unsaturated/α-hetero) is 2. The number of hydrogen-bond acceptors (Lipinski definition) is 22. The summed E-state index contributed by atoms with van der Waals surface area (Å²) in [7, 11) is 0. The van der Waals surface area contributed by atoms with E-state index in [9.17, 15) is 53.1 Å². The zero-order chi connectivity index (χ0) is 79.5. The molecule has 0 bridgehead atoms. The molecule has 25 nitrogen and oxygen atoms in total. The number of aldehydes is 1. The Labute approximate surface area is 670 Å². The first-order valence-electron chi connectivity index (χ1n) is 33.0. The molecule has 30 heteroatoms. The van der Waals surface area contributed by atoms with Gasteiger partial charge in [-0.25, -0.2) is 24.0 Å². The first-order valence-corrected chi connectivity index (χ1v) is 36.7. The van der Waals surface area contributed by atoms with Gasteiger partial charge in [-0.05, 0) is 151 Å². The van der Waals surface area contributed by atoms with Crippen LogP contribution < -0.4 is 11.5 Å². The maximum absolute atomic E-state index is 12.3. The molecule has 3 heterocycles. The van der Waals surface area contributed by atoms with Crippen molar-refractivity contribution in [3.63, 3.8) is 0 Å². The standard InChI is InChI=1S/C19H21BrN2O4.C19H20BrNO5.C18H20BrNO4.C8H12O4.C7H8BrN.C3H6O2.C2H3ClO.2CH4/c1-3-25-18(23)15-9-10-22(12-13-5-7-14(20)8-6-13)17(15)16(11-21)19(24)26-4-2;1-3-25-18(23)15-9-10-21(11-13-5-7-14(20)8-6-13)17(15)16(12-22)19(24)26-4-2;1-3-23-17(21)11-16-15(18(22)24-4-2)9-10-20(16)12-13-5-7-14(19)8-6-13;1-3-12-8(11)5-7(10)4-6(2)9;8-7-3-1-6(5-9)2-4-7;1-2-5-3-4;3-1-2-4;;/h5-11H,3-4,12,21H2,1-2H3;5-10,12,22H,3-4,11H2,1-2H3;5-10H,3-4,11-12H2,1-2H3;3-5H2,1-2H3;1-4H,5,9H2;3H,2H2,1H3;2H,1H2;2*1H4/b16-11-;16-12-;;;;;;;. The Bertz CT molecular complexity index is 3810. The van der Waals surface area contributed by atoms with E-state index in [1.54, 1.807) is 101 Å². The Morgan fingerprint density at radius 1 is 0.454 bits per heavy atom. The minimum atomic E-state index is -0.712. The number of benzene rings is 4. The zero-order valence-corrected chi connectivity index (χ0v) is 67.5. The Morgan fingerprint density at radius 3 is 1.11 bits per heavy atom. The van der Waals surface area contributed by atoms with Gasteiger partial charge in [0.25, 0.3) is 6.47 Å². The third-order valence-corrected chi connectivity index (χ3v) is 15.5. The molecule has 7 aromatic rings. The van der Waals surface area contributed by atoms with Crippen molar-refractivity contribution in [1.29, 1.82) is 0 Å². The fourth-order valence-electron chi connectivity index (χ4n) is 8.78. The molecule has 590 valence electrons. The molecule has 5 N–H and O–H groups in total. The van der Waals surface area contributed by atoms with Crippen LogP contribution in [0.25, 0.3) is 11.1 Å². The minimum Gasteiger partial charge on any atom is -0.515 e. The molecule has 0 radical (unpaired) electrons. The number of halogens is 5. The molecular formula is C78H98Br4ClN5O20. The topological polar surface area (TPSA) is 349 Å². The number of hydrogen-bond donors (Lipinski definition) is 3. The predicted molar refractivity (Wildman–Crippen MR) is 429 cm³/mol. The number of aliphatic hydroxyl groups excluding tert-OH is 1. The quantitative estimate of drug-likeness (QED) is 0.00716. The van der Waals surface area contributed by atoms with Crippen LogP contribution in [0.4, 0.5) is 0 Å². The molecule has 0 amide bonds. The van der Waals surface area contributed by atoms with Gasteiger partial charge in [-0.2, -0.15) is 0 Å². The van der Waals surface area contributed by atoms with Crippen molar-refractivity contribution in [2.24, 2.45) is 11.5 Å². The van der Waals surface area contributed by atoms with Crippen LogP contribution in [-0.2, 0) is 109 Å². The summed E-state index contributed by atoms with van der Waals surface area (Å²) in [6.07, 6.45) is 7.21. The van der Waals surface area contributed by atoms with Gasteiger partial charge in [-0.15, -0.1) is 11.6 Å². The molecule has 0 saturated carbocycles. The summed E-state index contributed by atoms with van der Waals surface area (Å²) in [5.41, 5.74) is 17.4. The first-order chi connectivity index (χ1) is 50.8. The lowest BCUT2D eigenvalue weighted by atomic mass is 10.1. The van der Waals surface area contributed by atoms with Crippen LogP contribution in [-0.4, -0.2) is 144 Å². The van der Waals surface area contributed by atoms with Crippen molar-refractivity contribution in [2.75, 3.05) is 58.7 Å². The molecule has 3 aromatic heterocycles. The predicted octanol–water partition coefficient (Wildman–Crippen LogP) is 15.1. The van der Waals surface area contributed by atoms with E-state index >= 15 is 0 Å². The molecule has 0 atom stereocenters. The lowest BCUT2D eigenvalue weighted by molar-refractivity contribution is -0.146. The molecule has 0 unspecified atom stereocenters. The number of aliphatic hydroxyl groups is 1. The average Bonchev–Trinajstić information content (AvgIpc) is 1.65. The maximum Gasteiger partial charge on any atom is 0.343 e. The van der Waals surface area contributed by atoms with Crippen LogP contribution in [0.3, 0.4) is 0 Å². The molecule has 0 spiro atoms. The molecule has 7 rings (SSSR count). The normalized spacial score (nSPS) is 10.1. The second-order valence-corrected chi connectivity index (χ2v) is 24.9. The molecule has 0 saturated heterocycles. The van der Waals surface area contributed by atoms with Crippen LogP contribution >= 0.6 is 75.3 Å². The Hall–Kier alpha value is -9.26. The maximum atomic E-state index is 12.3. The third-order valence-electron chi connectivity index (χ3n) is 13.2. The van der Waals surface area contributed by atoms with Gasteiger partial charge in [-0.3, -0.25) is 24.0 Å². The van der Waals surface area contributed by atoms with Crippen LogP contribution in [0, 0.1) is 0 Å². The van der Waals surface area contributed by atoms with E-state index in [0.29, 0.717) is 75.4 Å². The molecule has 4 aromatic carbocycles. The summed E-state index contributed by atoms with van der Waals surface area (Å²) < 4.78 is 48.4. The number of ketones is 2. The molecule has 0 fully saturated rings. The van der Waals surface area contributed by atoms with E-state index in [2.05, 4.69) is 73.2 Å². The molecule has 0 aliphatic heterocycles. The number of aromatic nitrogens is 3. The minimum absolute atomic E-state index is 0. The number of carbonyl (C=O) groups excluding carboxylic acids is 11. The number of nitrogens with two attached hydrogens (primary N) is 2. The number of carbonyl (C=O) groups is 11. The molecule has 108 heavy (non-hydrogen) atoms. The van der Waals surface area contributed by atoms with E-state index in [0.717, 1.165) is 40.8 Å². The van der Waals surface area contributed by atoms with Crippen molar-refractivity contribution >= 4 is 153 Å². The Balaban J connectivity index is 0. The van der Waals surface area contributed by atoms with Crippen molar-refractivity contribution in [3.8, 4) is 0 Å². The van der Waals surface area contributed by atoms with E-state index in [-0.39, 0.29) is 125 Å². The summed E-state index contributed by atoms with van der Waals surface area (Å²) in [5.74, 6) is -4.24. The summed E-state index contributed by atoms with van der Waals surface area (Å²) >= 11 is 18.3. The highest BCUT2D eigenvalue weighted by Gasteiger charge is 2.28. The van der Waals surface area contributed by atoms with Crippen LogP contribution in [0.15, 0.2) is 164 Å². The van der Waals surface area contributed by atoms with Gasteiger partial charge < -0.3 is 73.0 Å². The Kier molecular flexibility index (Phi) is 54.9. The van der Waals surface area contributed by atoms with Crippen LogP contribution in [0.5, 0.6) is 0 Å². The van der Waals surface area contributed by atoms with E-state index in [4.69, 9.17) is 56.3 Å². The second kappa shape index (κ2) is 58.8. The zero-order valence-electron chi connectivity index (χ0n) is 60.4. The van der Waals surface area contributed by atoms with Crippen LogP contribution in [0.2, 0.25) is 0 Å². The molecule has 0 aliphatic rings. The van der Waals surface area contributed by atoms with Gasteiger partial charge in [-0.1, -0.05) is 127 Å². The van der Waals surface area contributed by atoms with Crippen LogP contribution in [0.1, 0.15) is 160 Å². The van der Waals surface area contributed by atoms with Crippen molar-refractivity contribution in [1.82, 2.24) is 13.7 Å². The fourth-order valence-corrected chi connectivity index (χ4v) is 9.84. The van der Waals surface area contributed by atoms with E-state index < -0.39 is 35.8 Å². The average molecular weight is 1780 g/mol. The highest BCUT2D eigenvalue weighted by molar-refractivity contribution is 9.11. The highest BCUT2D eigenvalue weighted by atomic mass is 79.9. The van der Waals surface area contributed by atoms with Gasteiger partial charge in [0, 0.05) is 74.6 Å². The number of nitrogens with zero attached hydrogens (tertiary/aromatic N) is 3. The highest BCUT2D eigenvalue weighted by Crippen LogP contribution is 2.27. The van der Waals surface area contributed by atoms with Gasteiger partial charge in [0.1, 0.15) is 24.1 Å². The molecular weight excluding hydrogens is 1680 g/mol. The first kappa shape index (κ1) is 101. The van der Waals surface area contributed by atoms with E-state index in [1.165, 1.54) is 12.5 Å². The largest absolute Gasteiger partial charge is 0.515 e. The number of rotatable bonds is 30. The summed E-state index contributed by atoms with van der Waals surface area (Å²) in [6.45, 7) is 19.6. The van der Waals surface area contributed by atoms with Crippen molar-refractivity contribution < 1.29 is 95.7 Å². The van der Waals surface area contributed by atoms with Gasteiger partial charge in [0.15, 0.2) is 5.78 Å². The third kappa shape index (κ3) is 38.5.